The van der Waals surface area contributed by atoms with Gasteiger partial charge in [-0.3, -0.25) is 4.79 Å². The average molecular weight is 266 g/mol. The van der Waals surface area contributed by atoms with Gasteiger partial charge in [0.2, 0.25) is 5.89 Å². The molecule has 0 bridgehead atoms. The molecule has 0 amide bonds. The van der Waals surface area contributed by atoms with Gasteiger partial charge in [-0.2, -0.15) is 4.98 Å². The van der Waals surface area contributed by atoms with Crippen molar-refractivity contribution in [3.05, 3.63) is 23.9 Å². The molecule has 1 aromatic rings. The predicted molar refractivity (Wildman–Crippen MR) is 66.7 cm³/mol. The number of carbonyl (C=O) groups is 1. The molecule has 6 heteroatoms. The zero-order valence-electron chi connectivity index (χ0n) is 10.9. The summed E-state index contributed by atoms with van der Waals surface area (Å²) in [6, 6.07) is 0. The van der Waals surface area contributed by atoms with Crippen LogP contribution in [0.5, 0.6) is 0 Å². The maximum Gasteiger partial charge on any atom is 0.307 e. The minimum Gasteiger partial charge on any atom is -0.481 e. The van der Waals surface area contributed by atoms with Crippen LogP contribution in [0, 0.1) is 5.92 Å². The molecule has 0 saturated heterocycles. The number of carboxylic acids is 1. The third-order valence-corrected chi connectivity index (χ3v) is 3.22. The molecule has 0 radical (unpaired) electrons. The number of hydrogen-bond acceptors (Lipinski definition) is 5. The third-order valence-electron chi connectivity index (χ3n) is 3.22. The van der Waals surface area contributed by atoms with Crippen LogP contribution in [0.1, 0.15) is 37.4 Å². The van der Waals surface area contributed by atoms with E-state index in [0.717, 1.165) is 0 Å². The molecular formula is C13H18N2O4. The Morgan fingerprint density at radius 2 is 2.32 bits per heavy atom. The molecule has 104 valence electrons. The van der Waals surface area contributed by atoms with Crippen molar-refractivity contribution in [2.24, 2.45) is 5.92 Å². The van der Waals surface area contributed by atoms with Crippen LogP contribution in [0.25, 0.3) is 0 Å². The summed E-state index contributed by atoms with van der Waals surface area (Å²) in [5, 5.41) is 13.1. The fraction of sp³-hybridized carbons (Fsp3) is 0.615. The summed E-state index contributed by atoms with van der Waals surface area (Å²) in [7, 11) is 0. The number of carboxylic acid groups (broad SMARTS) is 1. The zero-order valence-corrected chi connectivity index (χ0v) is 10.9. The topological polar surface area (TPSA) is 85.5 Å². The summed E-state index contributed by atoms with van der Waals surface area (Å²) >= 11 is 0. The van der Waals surface area contributed by atoms with Crippen molar-refractivity contribution in [1.82, 2.24) is 10.1 Å². The molecule has 0 saturated carbocycles. The fourth-order valence-corrected chi connectivity index (χ4v) is 2.19. The second kappa shape index (κ2) is 6.47. The van der Waals surface area contributed by atoms with Gasteiger partial charge in [-0.15, -0.1) is 0 Å². The first kappa shape index (κ1) is 13.7. The van der Waals surface area contributed by atoms with Gasteiger partial charge in [-0.1, -0.05) is 17.3 Å². The normalized spacial score (nSPS) is 22.6. The number of ether oxygens (including phenoxy) is 1. The number of hydrogen-bond donors (Lipinski definition) is 1. The molecule has 1 aromatic heterocycles. The van der Waals surface area contributed by atoms with E-state index in [2.05, 4.69) is 10.1 Å². The van der Waals surface area contributed by atoms with E-state index in [4.69, 9.17) is 9.26 Å². The van der Waals surface area contributed by atoms with Gasteiger partial charge in [-0.25, -0.2) is 0 Å². The monoisotopic (exact) mass is 266 g/mol. The zero-order chi connectivity index (χ0) is 13.7. The highest BCUT2D eigenvalue weighted by atomic mass is 16.5. The molecule has 19 heavy (non-hydrogen) atoms. The average Bonchev–Trinajstić information content (AvgIpc) is 2.88. The van der Waals surface area contributed by atoms with Crippen LogP contribution in [0.15, 0.2) is 16.7 Å². The van der Waals surface area contributed by atoms with Crippen molar-refractivity contribution in [1.29, 1.82) is 0 Å². The van der Waals surface area contributed by atoms with Crippen molar-refractivity contribution >= 4 is 5.97 Å². The molecule has 1 aliphatic carbocycles. The van der Waals surface area contributed by atoms with Crippen molar-refractivity contribution in [3.63, 3.8) is 0 Å². The smallest absolute Gasteiger partial charge is 0.307 e. The first-order valence-corrected chi connectivity index (χ1v) is 6.50. The van der Waals surface area contributed by atoms with Crippen LogP contribution in [0.3, 0.4) is 0 Å². The Morgan fingerprint density at radius 3 is 3.05 bits per heavy atom. The maximum absolute atomic E-state index is 11.2. The minimum atomic E-state index is -0.816. The molecular weight excluding hydrogens is 248 g/mol. The Morgan fingerprint density at radius 1 is 1.53 bits per heavy atom. The predicted octanol–water partition coefficient (Wildman–Crippen LogP) is 1.78. The van der Waals surface area contributed by atoms with E-state index in [0.29, 0.717) is 44.2 Å². The van der Waals surface area contributed by atoms with Crippen LogP contribution < -0.4 is 0 Å². The van der Waals surface area contributed by atoms with Gasteiger partial charge in [0.15, 0.2) is 5.82 Å². The number of aliphatic carboxylic acids is 1. The van der Waals surface area contributed by atoms with E-state index >= 15 is 0 Å². The fourth-order valence-electron chi connectivity index (χ4n) is 2.19. The Labute approximate surface area is 111 Å². The second-order valence-corrected chi connectivity index (χ2v) is 4.49. The van der Waals surface area contributed by atoms with Crippen molar-refractivity contribution < 1.29 is 19.2 Å². The van der Waals surface area contributed by atoms with E-state index in [1.54, 1.807) is 0 Å². The van der Waals surface area contributed by atoms with Crippen LogP contribution >= 0.6 is 0 Å². The first-order valence-electron chi connectivity index (χ1n) is 6.50. The highest BCUT2D eigenvalue weighted by molar-refractivity contribution is 5.71. The lowest BCUT2D eigenvalue weighted by Crippen LogP contribution is -2.23. The third kappa shape index (κ3) is 3.41. The molecule has 1 N–H and O–H groups in total. The van der Waals surface area contributed by atoms with E-state index in [-0.39, 0.29) is 5.92 Å². The summed E-state index contributed by atoms with van der Waals surface area (Å²) in [5.41, 5.74) is 0. The Balaban J connectivity index is 2.04. The van der Waals surface area contributed by atoms with Gasteiger partial charge in [0, 0.05) is 13.0 Å². The molecule has 0 aliphatic heterocycles. The number of nitrogens with zero attached hydrogens (tertiary/aromatic N) is 2. The molecule has 0 unspecified atom stereocenters. The molecule has 1 heterocycles. The molecule has 1 aliphatic rings. The summed E-state index contributed by atoms with van der Waals surface area (Å²) < 4.78 is 10.4. The van der Waals surface area contributed by atoms with E-state index in [9.17, 15) is 9.90 Å². The quantitative estimate of drug-likeness (QED) is 0.624. The molecule has 6 nitrogen and oxygen atoms in total. The van der Waals surface area contributed by atoms with Crippen molar-refractivity contribution in [2.45, 2.75) is 32.1 Å². The molecule has 0 spiro atoms. The van der Waals surface area contributed by atoms with Gasteiger partial charge in [0.25, 0.3) is 0 Å². The summed E-state index contributed by atoms with van der Waals surface area (Å²) in [5.74, 6) is -0.533. The van der Waals surface area contributed by atoms with Gasteiger partial charge >= 0.3 is 5.97 Å². The summed E-state index contributed by atoms with van der Waals surface area (Å²) in [6.07, 6.45) is 5.58. The van der Waals surface area contributed by atoms with Crippen LogP contribution in [-0.2, 0) is 16.0 Å². The van der Waals surface area contributed by atoms with E-state index < -0.39 is 11.9 Å². The molecule has 2 rings (SSSR count). The van der Waals surface area contributed by atoms with E-state index in [1.807, 2.05) is 19.1 Å². The van der Waals surface area contributed by atoms with Gasteiger partial charge in [0.1, 0.15) is 0 Å². The first-order chi connectivity index (χ1) is 9.22. The highest BCUT2D eigenvalue weighted by Crippen LogP contribution is 2.33. The second-order valence-electron chi connectivity index (χ2n) is 4.49. The van der Waals surface area contributed by atoms with Gasteiger partial charge in [-0.05, 0) is 19.8 Å². The summed E-state index contributed by atoms with van der Waals surface area (Å²) in [4.78, 5) is 15.5. The largest absolute Gasteiger partial charge is 0.481 e. The Bertz CT molecular complexity index is 455. The minimum absolute atomic E-state index is 0.226. The Hall–Kier alpha value is -1.69. The van der Waals surface area contributed by atoms with Crippen molar-refractivity contribution in [3.8, 4) is 0 Å². The lowest BCUT2D eigenvalue weighted by atomic mass is 9.83. The van der Waals surface area contributed by atoms with Gasteiger partial charge in [0.05, 0.1) is 18.4 Å². The van der Waals surface area contributed by atoms with Crippen LogP contribution in [-0.4, -0.2) is 34.4 Å². The standard InChI is InChI=1S/C13H18N2O4/c1-2-18-8-7-11-14-12(19-15-11)9-5-3-4-6-10(9)13(16)17/h3-4,9-10H,2,5-8H2,1H3,(H,16,17)/t9-,10+/m1/s1. The van der Waals surface area contributed by atoms with Gasteiger partial charge < -0.3 is 14.4 Å². The molecule has 2 atom stereocenters. The molecule has 0 fully saturated rings. The Kier molecular flexibility index (Phi) is 4.68. The van der Waals surface area contributed by atoms with E-state index in [1.165, 1.54) is 0 Å². The highest BCUT2D eigenvalue weighted by Gasteiger charge is 2.33. The van der Waals surface area contributed by atoms with Crippen LogP contribution in [0.2, 0.25) is 0 Å². The number of aromatic nitrogens is 2. The summed E-state index contributed by atoms with van der Waals surface area (Å²) in [6.45, 7) is 3.12. The lowest BCUT2D eigenvalue weighted by molar-refractivity contribution is -0.142. The SMILES string of the molecule is CCOCCc1noc([C@@H]2CC=CC[C@@H]2C(=O)O)n1. The number of rotatable bonds is 6. The van der Waals surface area contributed by atoms with Crippen LogP contribution in [0.4, 0.5) is 0 Å². The molecule has 0 aromatic carbocycles. The maximum atomic E-state index is 11.2. The number of allylic oxidation sites excluding steroid dienone is 2. The lowest BCUT2D eigenvalue weighted by Gasteiger charge is -2.21. The van der Waals surface area contributed by atoms with Crippen molar-refractivity contribution in [2.75, 3.05) is 13.2 Å².